The summed E-state index contributed by atoms with van der Waals surface area (Å²) >= 11 is 1.20. The minimum absolute atomic E-state index is 0.203. The highest BCUT2D eigenvalue weighted by Gasteiger charge is 2.13. The fourth-order valence-electron chi connectivity index (χ4n) is 1.32. The number of hydrogen-bond acceptors (Lipinski definition) is 3. The molecule has 1 aromatic carbocycles. The predicted octanol–water partition coefficient (Wildman–Crippen LogP) is 3.72. The minimum Gasteiger partial charge on any atom is -0.477 e. The minimum atomic E-state index is -0.973. The Labute approximate surface area is 105 Å². The number of carboxylic acids is 1. The van der Waals surface area contributed by atoms with Gasteiger partial charge in [-0.25, -0.2) is 4.79 Å². The summed E-state index contributed by atoms with van der Waals surface area (Å²) < 4.78 is 0. The molecule has 0 saturated carbocycles. The molecular weight excluding hydrogens is 234 g/mol. The zero-order valence-electron chi connectivity index (χ0n) is 9.81. The second-order valence-corrected chi connectivity index (χ2v) is 4.12. The lowest BCUT2D eigenvalue weighted by Gasteiger charge is -1.93. The first-order valence-corrected chi connectivity index (χ1v) is 6.18. The van der Waals surface area contributed by atoms with Crippen molar-refractivity contribution in [1.82, 2.24) is 0 Å². The first-order chi connectivity index (χ1) is 8.18. The number of benzene rings is 1. The molecule has 0 aliphatic heterocycles. The molecule has 0 fully saturated rings. The predicted molar refractivity (Wildman–Crippen MR) is 72.5 cm³/mol. The van der Waals surface area contributed by atoms with E-state index in [-0.39, 0.29) is 4.88 Å². The molecule has 2 aromatic rings. The summed E-state index contributed by atoms with van der Waals surface area (Å²) in [5.41, 5.74) is 6.92. The van der Waals surface area contributed by atoms with Crippen molar-refractivity contribution in [2.75, 3.05) is 5.73 Å². The Morgan fingerprint density at radius 3 is 2.29 bits per heavy atom. The van der Waals surface area contributed by atoms with Crippen molar-refractivity contribution in [3.63, 3.8) is 0 Å². The monoisotopic (exact) mass is 249 g/mol. The van der Waals surface area contributed by atoms with Crippen LogP contribution in [0.1, 0.15) is 23.5 Å². The Kier molecular flexibility index (Phi) is 4.72. The van der Waals surface area contributed by atoms with E-state index in [9.17, 15) is 4.79 Å². The van der Waals surface area contributed by atoms with Crippen molar-refractivity contribution in [2.45, 2.75) is 13.8 Å². The van der Waals surface area contributed by atoms with Crippen molar-refractivity contribution in [3.8, 4) is 10.4 Å². The van der Waals surface area contributed by atoms with Gasteiger partial charge in [-0.05, 0) is 11.6 Å². The highest BCUT2D eigenvalue weighted by atomic mass is 32.1. The summed E-state index contributed by atoms with van der Waals surface area (Å²) in [6.07, 6.45) is 0. The second-order valence-electron chi connectivity index (χ2n) is 3.07. The molecule has 0 aliphatic carbocycles. The topological polar surface area (TPSA) is 63.3 Å². The molecule has 0 radical (unpaired) electrons. The summed E-state index contributed by atoms with van der Waals surface area (Å²) in [6, 6.07) is 11.3. The zero-order chi connectivity index (χ0) is 12.8. The van der Waals surface area contributed by atoms with Crippen molar-refractivity contribution in [3.05, 3.63) is 41.3 Å². The first kappa shape index (κ1) is 13.3. The van der Waals surface area contributed by atoms with E-state index in [0.717, 1.165) is 10.4 Å². The summed E-state index contributed by atoms with van der Waals surface area (Å²) in [7, 11) is 0. The summed E-state index contributed by atoms with van der Waals surface area (Å²) in [5.74, 6) is -0.973. The molecule has 0 atom stereocenters. The molecule has 1 heterocycles. The molecule has 3 nitrogen and oxygen atoms in total. The maximum atomic E-state index is 10.8. The normalized spacial score (nSPS) is 9.29. The van der Waals surface area contributed by atoms with Crippen LogP contribution < -0.4 is 5.73 Å². The first-order valence-electron chi connectivity index (χ1n) is 5.36. The van der Waals surface area contributed by atoms with E-state index in [2.05, 4.69) is 0 Å². The number of aromatic carboxylic acids is 1. The third kappa shape index (κ3) is 3.07. The Morgan fingerprint density at radius 1 is 1.24 bits per heavy atom. The van der Waals surface area contributed by atoms with Gasteiger partial charge in [0.25, 0.3) is 0 Å². The molecule has 0 spiro atoms. The van der Waals surface area contributed by atoms with Crippen LogP contribution in [0.5, 0.6) is 0 Å². The molecule has 1 aromatic heterocycles. The molecule has 0 aliphatic rings. The molecule has 0 amide bonds. The van der Waals surface area contributed by atoms with Gasteiger partial charge in [0.15, 0.2) is 0 Å². The fraction of sp³-hybridized carbons (Fsp3) is 0.154. The number of hydrogen-bond donors (Lipinski definition) is 2. The van der Waals surface area contributed by atoms with Gasteiger partial charge in [0.05, 0.1) is 5.69 Å². The highest BCUT2D eigenvalue weighted by molar-refractivity contribution is 7.17. The average Bonchev–Trinajstić information content (AvgIpc) is 2.75. The lowest BCUT2D eigenvalue weighted by Crippen LogP contribution is -1.96. The smallest absolute Gasteiger partial charge is 0.348 e. The zero-order valence-corrected chi connectivity index (χ0v) is 10.6. The number of nitrogen functional groups attached to an aromatic ring is 1. The summed E-state index contributed by atoms with van der Waals surface area (Å²) in [4.78, 5) is 11.9. The number of anilines is 1. The molecule has 0 bridgehead atoms. The van der Waals surface area contributed by atoms with Gasteiger partial charge in [0, 0.05) is 4.88 Å². The van der Waals surface area contributed by atoms with E-state index >= 15 is 0 Å². The molecule has 2 rings (SSSR count). The van der Waals surface area contributed by atoms with Crippen LogP contribution in [0.2, 0.25) is 0 Å². The highest BCUT2D eigenvalue weighted by Crippen LogP contribution is 2.32. The van der Waals surface area contributed by atoms with Crippen LogP contribution in [0, 0.1) is 0 Å². The van der Waals surface area contributed by atoms with Gasteiger partial charge in [-0.1, -0.05) is 44.2 Å². The van der Waals surface area contributed by atoms with E-state index in [1.807, 2.05) is 44.2 Å². The molecule has 3 N–H and O–H groups in total. The van der Waals surface area contributed by atoms with E-state index in [1.165, 1.54) is 11.3 Å². The van der Waals surface area contributed by atoms with Gasteiger partial charge in [-0.3, -0.25) is 0 Å². The van der Waals surface area contributed by atoms with Crippen molar-refractivity contribution in [2.24, 2.45) is 0 Å². The molecule has 0 saturated heterocycles. The van der Waals surface area contributed by atoms with E-state index in [0.29, 0.717) is 5.69 Å². The standard InChI is InChI=1S/C11H9NO2S.C2H6/c12-8-6-9(15-10(8)11(13)14)7-4-2-1-3-5-7;1-2/h1-6H,12H2,(H,13,14);1-2H3. The van der Waals surface area contributed by atoms with Crippen LogP contribution in [0.3, 0.4) is 0 Å². The number of carboxylic acid groups (broad SMARTS) is 1. The summed E-state index contributed by atoms with van der Waals surface area (Å²) in [5, 5.41) is 8.86. The van der Waals surface area contributed by atoms with E-state index in [1.54, 1.807) is 6.07 Å². The molecule has 0 unspecified atom stereocenters. The van der Waals surface area contributed by atoms with Crippen molar-refractivity contribution in [1.29, 1.82) is 0 Å². The van der Waals surface area contributed by atoms with Crippen LogP contribution in [-0.4, -0.2) is 11.1 Å². The van der Waals surface area contributed by atoms with Crippen LogP contribution in [-0.2, 0) is 0 Å². The maximum Gasteiger partial charge on any atom is 0.348 e. The fourth-order valence-corrected chi connectivity index (χ4v) is 2.24. The Morgan fingerprint density at radius 2 is 1.82 bits per heavy atom. The van der Waals surface area contributed by atoms with E-state index < -0.39 is 5.97 Å². The lowest BCUT2D eigenvalue weighted by molar-refractivity contribution is 0.0703. The number of rotatable bonds is 2. The van der Waals surface area contributed by atoms with Gasteiger partial charge in [-0.15, -0.1) is 11.3 Å². The largest absolute Gasteiger partial charge is 0.477 e. The Hall–Kier alpha value is -1.81. The second kappa shape index (κ2) is 6.06. The maximum absolute atomic E-state index is 10.8. The number of thiophene rings is 1. The van der Waals surface area contributed by atoms with Gasteiger partial charge >= 0.3 is 5.97 Å². The van der Waals surface area contributed by atoms with Crippen LogP contribution in [0.4, 0.5) is 5.69 Å². The van der Waals surface area contributed by atoms with Gasteiger partial charge in [0.2, 0.25) is 0 Å². The van der Waals surface area contributed by atoms with Gasteiger partial charge in [-0.2, -0.15) is 0 Å². The van der Waals surface area contributed by atoms with Crippen LogP contribution >= 0.6 is 11.3 Å². The Bertz CT molecular complexity index is 491. The number of nitrogens with two attached hydrogens (primary N) is 1. The van der Waals surface area contributed by atoms with Crippen LogP contribution in [0.25, 0.3) is 10.4 Å². The lowest BCUT2D eigenvalue weighted by atomic mass is 10.2. The molecule has 4 heteroatoms. The third-order valence-corrected chi connectivity index (χ3v) is 3.20. The van der Waals surface area contributed by atoms with E-state index in [4.69, 9.17) is 10.8 Å². The SMILES string of the molecule is CC.Nc1cc(-c2ccccc2)sc1C(=O)O. The molecule has 90 valence electrons. The Balaban J connectivity index is 0.000000686. The third-order valence-electron chi connectivity index (χ3n) is 2.01. The van der Waals surface area contributed by atoms with Gasteiger partial charge < -0.3 is 10.8 Å². The molecular formula is C13H15NO2S. The number of carbonyl (C=O) groups is 1. The van der Waals surface area contributed by atoms with Gasteiger partial charge in [0.1, 0.15) is 4.88 Å². The molecule has 17 heavy (non-hydrogen) atoms. The average molecular weight is 249 g/mol. The van der Waals surface area contributed by atoms with Crippen molar-refractivity contribution < 1.29 is 9.90 Å². The van der Waals surface area contributed by atoms with Crippen molar-refractivity contribution >= 4 is 23.0 Å². The van der Waals surface area contributed by atoms with Crippen LogP contribution in [0.15, 0.2) is 36.4 Å². The summed E-state index contributed by atoms with van der Waals surface area (Å²) in [6.45, 7) is 4.00. The quantitative estimate of drug-likeness (QED) is 0.852.